The Balaban J connectivity index is 2.05. The Labute approximate surface area is 131 Å². The van der Waals surface area contributed by atoms with Crippen molar-refractivity contribution in [1.82, 2.24) is 5.32 Å². The van der Waals surface area contributed by atoms with Crippen molar-refractivity contribution in [3.05, 3.63) is 53.1 Å². The summed E-state index contributed by atoms with van der Waals surface area (Å²) in [5, 5.41) is 4.30. The highest BCUT2D eigenvalue weighted by Gasteiger charge is 2.24. The Bertz CT molecular complexity index is 625. The molecule has 0 aliphatic carbocycles. The molecule has 1 heterocycles. The maximum Gasteiger partial charge on any atom is 0.142 e. The van der Waals surface area contributed by atoms with Gasteiger partial charge >= 0.3 is 0 Å². The predicted molar refractivity (Wildman–Crippen MR) is 88.0 cm³/mol. The summed E-state index contributed by atoms with van der Waals surface area (Å²) in [4.78, 5) is 0. The second kappa shape index (κ2) is 6.08. The molecular formula is C18H20ClNO. The first-order valence-electron chi connectivity index (χ1n) is 7.43. The van der Waals surface area contributed by atoms with Gasteiger partial charge in [0.1, 0.15) is 5.75 Å². The molecule has 0 spiro atoms. The van der Waals surface area contributed by atoms with Crippen LogP contribution in [0.2, 0.25) is 5.02 Å². The first-order valence-corrected chi connectivity index (χ1v) is 7.80. The molecule has 1 unspecified atom stereocenters. The number of benzene rings is 2. The zero-order chi connectivity index (χ0) is 14.8. The Kier molecular flexibility index (Phi) is 4.18. The van der Waals surface area contributed by atoms with Gasteiger partial charge in [-0.1, -0.05) is 55.8 Å². The molecule has 0 saturated heterocycles. The van der Waals surface area contributed by atoms with E-state index < -0.39 is 0 Å². The van der Waals surface area contributed by atoms with Crippen LogP contribution in [0.25, 0.3) is 11.1 Å². The Morgan fingerprint density at radius 2 is 1.90 bits per heavy atom. The van der Waals surface area contributed by atoms with E-state index in [1.54, 1.807) is 0 Å². The molecule has 21 heavy (non-hydrogen) atoms. The lowest BCUT2D eigenvalue weighted by molar-refractivity contribution is 0.248. The fourth-order valence-electron chi connectivity index (χ4n) is 2.83. The molecule has 3 heteroatoms. The van der Waals surface area contributed by atoms with E-state index in [1.807, 2.05) is 24.3 Å². The second-order valence-electron chi connectivity index (χ2n) is 5.75. The van der Waals surface area contributed by atoms with Crippen LogP contribution in [0.1, 0.15) is 31.9 Å². The van der Waals surface area contributed by atoms with Crippen LogP contribution >= 0.6 is 11.6 Å². The Hall–Kier alpha value is -1.51. The molecule has 1 aliphatic rings. The van der Waals surface area contributed by atoms with E-state index >= 15 is 0 Å². The average molecular weight is 302 g/mol. The third kappa shape index (κ3) is 3.07. The van der Waals surface area contributed by atoms with Gasteiger partial charge in [-0.3, -0.25) is 0 Å². The van der Waals surface area contributed by atoms with Gasteiger partial charge in [-0.05, 0) is 23.3 Å². The average Bonchev–Trinajstić information content (AvgIpc) is 2.48. The summed E-state index contributed by atoms with van der Waals surface area (Å²) in [6, 6.07) is 15.2. The lowest BCUT2D eigenvalue weighted by atomic mass is 9.95. The molecule has 3 rings (SSSR count). The predicted octanol–water partition coefficient (Wildman–Crippen LogP) is 4.83. The van der Waals surface area contributed by atoms with Gasteiger partial charge in [0.25, 0.3) is 0 Å². The molecule has 2 aromatic carbocycles. The van der Waals surface area contributed by atoms with E-state index in [4.69, 9.17) is 16.3 Å². The summed E-state index contributed by atoms with van der Waals surface area (Å²) in [7, 11) is 0. The summed E-state index contributed by atoms with van der Waals surface area (Å²) in [6.45, 7) is 5.04. The minimum absolute atomic E-state index is 0.301. The number of nitrogens with one attached hydrogen (secondary N) is 1. The van der Waals surface area contributed by atoms with Crippen molar-refractivity contribution in [2.45, 2.75) is 32.4 Å². The molecule has 1 N–H and O–H groups in total. The van der Waals surface area contributed by atoms with Gasteiger partial charge in [-0.25, -0.2) is 0 Å². The van der Waals surface area contributed by atoms with Crippen molar-refractivity contribution in [2.75, 3.05) is 6.61 Å². The van der Waals surface area contributed by atoms with Crippen LogP contribution < -0.4 is 10.1 Å². The monoisotopic (exact) mass is 301 g/mol. The standard InChI is InChI=1S/C18H20ClNO/c1-12(2)20-17-8-9-21-18-15(17)10-14(11-16(18)19)13-6-4-3-5-7-13/h3-7,10-12,17,20H,8-9H2,1-2H3. The number of halogens is 1. The first-order chi connectivity index (χ1) is 10.1. The van der Waals surface area contributed by atoms with Crippen molar-refractivity contribution < 1.29 is 4.74 Å². The fraction of sp³-hybridized carbons (Fsp3) is 0.333. The van der Waals surface area contributed by atoms with Crippen LogP contribution in [0.15, 0.2) is 42.5 Å². The number of rotatable bonds is 3. The second-order valence-corrected chi connectivity index (χ2v) is 6.16. The molecule has 0 bridgehead atoms. The zero-order valence-corrected chi connectivity index (χ0v) is 13.2. The lowest BCUT2D eigenvalue weighted by Crippen LogP contribution is -2.32. The molecule has 2 nitrogen and oxygen atoms in total. The Morgan fingerprint density at radius 1 is 1.14 bits per heavy atom. The summed E-state index contributed by atoms with van der Waals surface area (Å²) < 4.78 is 5.78. The van der Waals surface area contributed by atoms with Crippen molar-refractivity contribution in [3.8, 4) is 16.9 Å². The molecule has 0 amide bonds. The van der Waals surface area contributed by atoms with E-state index in [0.717, 1.165) is 17.7 Å². The van der Waals surface area contributed by atoms with E-state index in [0.29, 0.717) is 23.7 Å². The minimum Gasteiger partial charge on any atom is -0.492 e. The van der Waals surface area contributed by atoms with Crippen LogP contribution in [-0.4, -0.2) is 12.6 Å². The smallest absolute Gasteiger partial charge is 0.142 e. The SMILES string of the molecule is CC(C)NC1CCOc2c(Cl)cc(-c3ccccc3)cc21. The number of hydrogen-bond donors (Lipinski definition) is 1. The molecule has 0 fully saturated rings. The van der Waals surface area contributed by atoms with Crippen LogP contribution in [0.4, 0.5) is 0 Å². The maximum atomic E-state index is 6.45. The van der Waals surface area contributed by atoms with E-state index in [1.165, 1.54) is 11.1 Å². The van der Waals surface area contributed by atoms with Gasteiger partial charge in [-0.2, -0.15) is 0 Å². The van der Waals surface area contributed by atoms with Crippen molar-refractivity contribution in [2.24, 2.45) is 0 Å². The molecule has 0 aromatic heterocycles. The van der Waals surface area contributed by atoms with Crippen molar-refractivity contribution in [1.29, 1.82) is 0 Å². The Morgan fingerprint density at radius 3 is 2.62 bits per heavy atom. The van der Waals surface area contributed by atoms with Gasteiger partial charge in [-0.15, -0.1) is 0 Å². The van der Waals surface area contributed by atoms with Gasteiger partial charge in [0.05, 0.1) is 11.6 Å². The minimum atomic E-state index is 0.301. The first kappa shape index (κ1) is 14.4. The molecule has 0 radical (unpaired) electrons. The fourth-order valence-corrected chi connectivity index (χ4v) is 3.11. The highest BCUT2D eigenvalue weighted by Crippen LogP contribution is 2.41. The third-order valence-corrected chi connectivity index (χ3v) is 4.02. The molecule has 2 aromatic rings. The van der Waals surface area contributed by atoms with E-state index in [9.17, 15) is 0 Å². The molecule has 1 aliphatic heterocycles. The highest BCUT2D eigenvalue weighted by atomic mass is 35.5. The normalized spacial score (nSPS) is 17.4. The lowest BCUT2D eigenvalue weighted by Gasteiger charge is -2.29. The van der Waals surface area contributed by atoms with E-state index in [2.05, 4.69) is 37.4 Å². The summed E-state index contributed by atoms with van der Waals surface area (Å²) in [6.07, 6.45) is 0.972. The summed E-state index contributed by atoms with van der Waals surface area (Å²) in [5.41, 5.74) is 3.48. The van der Waals surface area contributed by atoms with Gasteiger partial charge in [0.15, 0.2) is 0 Å². The molecule has 1 atom stereocenters. The molecular weight excluding hydrogens is 282 g/mol. The number of ether oxygens (including phenoxy) is 1. The van der Waals surface area contributed by atoms with Crippen LogP contribution in [0.5, 0.6) is 5.75 Å². The number of fused-ring (bicyclic) bond motifs is 1. The van der Waals surface area contributed by atoms with Crippen molar-refractivity contribution in [3.63, 3.8) is 0 Å². The van der Waals surface area contributed by atoms with Crippen LogP contribution in [0, 0.1) is 0 Å². The summed E-state index contributed by atoms with van der Waals surface area (Å²) >= 11 is 6.45. The third-order valence-electron chi connectivity index (χ3n) is 3.74. The maximum absolute atomic E-state index is 6.45. The van der Waals surface area contributed by atoms with Gasteiger partial charge in [0, 0.05) is 24.1 Å². The quantitative estimate of drug-likeness (QED) is 0.877. The zero-order valence-electron chi connectivity index (χ0n) is 12.4. The van der Waals surface area contributed by atoms with Crippen molar-refractivity contribution >= 4 is 11.6 Å². The molecule has 110 valence electrons. The molecule has 0 saturated carbocycles. The van der Waals surface area contributed by atoms with Gasteiger partial charge < -0.3 is 10.1 Å². The summed E-state index contributed by atoms with van der Waals surface area (Å²) in [5.74, 6) is 0.834. The van der Waals surface area contributed by atoms with Crippen LogP contribution in [-0.2, 0) is 0 Å². The van der Waals surface area contributed by atoms with Gasteiger partial charge in [0.2, 0.25) is 0 Å². The van der Waals surface area contributed by atoms with Crippen LogP contribution in [0.3, 0.4) is 0 Å². The number of hydrogen-bond acceptors (Lipinski definition) is 2. The largest absolute Gasteiger partial charge is 0.492 e. The highest BCUT2D eigenvalue weighted by molar-refractivity contribution is 6.32. The van der Waals surface area contributed by atoms with E-state index in [-0.39, 0.29) is 0 Å². The topological polar surface area (TPSA) is 21.3 Å².